The van der Waals surface area contributed by atoms with E-state index in [1.807, 2.05) is 30.3 Å². The highest BCUT2D eigenvalue weighted by atomic mass is 16.4. The third-order valence-corrected chi connectivity index (χ3v) is 5.26. The number of rotatable bonds is 6. The summed E-state index contributed by atoms with van der Waals surface area (Å²) in [4.78, 5) is 35.6. The first kappa shape index (κ1) is 19.6. The molecule has 1 atom stereocenters. The van der Waals surface area contributed by atoms with Crippen LogP contribution in [-0.2, 0) is 0 Å². The highest BCUT2D eigenvalue weighted by Gasteiger charge is 2.27. The summed E-state index contributed by atoms with van der Waals surface area (Å²) in [6.45, 7) is 0. The summed E-state index contributed by atoms with van der Waals surface area (Å²) in [5.74, 6) is -2.72. The smallest absolute Gasteiger partial charge is 0.335 e. The summed E-state index contributed by atoms with van der Waals surface area (Å²) in [6.07, 6.45) is 5.43. The predicted molar refractivity (Wildman–Crippen MR) is 104 cm³/mol. The number of carboxylic acid groups (broad SMARTS) is 2. The maximum Gasteiger partial charge on any atom is 0.335 e. The Balaban J connectivity index is 1.91. The minimum absolute atomic E-state index is 0.0361. The van der Waals surface area contributed by atoms with E-state index in [0.717, 1.165) is 37.3 Å². The molecule has 146 valence electrons. The molecule has 0 aliphatic heterocycles. The van der Waals surface area contributed by atoms with Crippen molar-refractivity contribution in [2.75, 3.05) is 0 Å². The molecule has 1 aliphatic rings. The summed E-state index contributed by atoms with van der Waals surface area (Å²) in [6, 6.07) is 13.0. The van der Waals surface area contributed by atoms with E-state index in [1.165, 1.54) is 18.6 Å². The lowest BCUT2D eigenvalue weighted by atomic mass is 9.81. The molecule has 1 unspecified atom stereocenters. The van der Waals surface area contributed by atoms with E-state index in [1.54, 1.807) is 0 Å². The van der Waals surface area contributed by atoms with Crippen molar-refractivity contribution in [1.82, 2.24) is 5.32 Å². The number of amides is 1. The molecule has 0 radical (unpaired) electrons. The van der Waals surface area contributed by atoms with Gasteiger partial charge in [0.25, 0.3) is 5.91 Å². The average molecular weight is 381 g/mol. The molecule has 2 aromatic carbocycles. The second kappa shape index (κ2) is 8.69. The molecule has 0 heterocycles. The standard InChI is InChI=1S/C22H23NO5/c24-20(16-11-17(21(25)26)13-18(12-16)22(27)28)23-19(14-7-3-1-4-8-14)15-9-5-2-6-10-15/h1,3-4,7-8,11-13,15,19H,2,5-6,9-10H2,(H,23,24)(H,25,26)(H,27,28). The number of hydrogen-bond acceptors (Lipinski definition) is 3. The van der Waals surface area contributed by atoms with Gasteiger partial charge in [0, 0.05) is 5.56 Å². The van der Waals surface area contributed by atoms with Crippen molar-refractivity contribution in [3.05, 3.63) is 70.8 Å². The monoisotopic (exact) mass is 381 g/mol. The first-order valence-electron chi connectivity index (χ1n) is 9.43. The molecule has 1 fully saturated rings. The molecule has 0 saturated heterocycles. The Morgan fingerprint density at radius 1 is 0.821 bits per heavy atom. The predicted octanol–water partition coefficient (Wildman–Crippen LogP) is 4.13. The summed E-state index contributed by atoms with van der Waals surface area (Å²) >= 11 is 0. The van der Waals surface area contributed by atoms with Gasteiger partial charge in [-0.05, 0) is 42.5 Å². The van der Waals surface area contributed by atoms with Crippen molar-refractivity contribution in [2.24, 2.45) is 5.92 Å². The summed E-state index contributed by atoms with van der Waals surface area (Å²) in [7, 11) is 0. The van der Waals surface area contributed by atoms with Gasteiger partial charge < -0.3 is 15.5 Å². The molecule has 0 bridgehead atoms. The van der Waals surface area contributed by atoms with Crippen molar-refractivity contribution in [2.45, 2.75) is 38.1 Å². The van der Waals surface area contributed by atoms with Crippen molar-refractivity contribution < 1.29 is 24.6 Å². The number of hydrogen-bond donors (Lipinski definition) is 3. The van der Waals surface area contributed by atoms with Crippen LogP contribution in [0.5, 0.6) is 0 Å². The third kappa shape index (κ3) is 4.57. The lowest BCUT2D eigenvalue weighted by Crippen LogP contribution is -2.34. The fraction of sp³-hybridized carbons (Fsp3) is 0.318. The van der Waals surface area contributed by atoms with Gasteiger partial charge in [0.15, 0.2) is 0 Å². The van der Waals surface area contributed by atoms with E-state index < -0.39 is 17.8 Å². The fourth-order valence-electron chi connectivity index (χ4n) is 3.83. The summed E-state index contributed by atoms with van der Waals surface area (Å²) in [5, 5.41) is 21.5. The van der Waals surface area contributed by atoms with Gasteiger partial charge in [-0.2, -0.15) is 0 Å². The Kier molecular flexibility index (Phi) is 6.09. The van der Waals surface area contributed by atoms with Crippen molar-refractivity contribution >= 4 is 17.8 Å². The molecule has 1 aliphatic carbocycles. The average Bonchev–Trinajstić information content (AvgIpc) is 2.72. The lowest BCUT2D eigenvalue weighted by Gasteiger charge is -2.31. The quantitative estimate of drug-likeness (QED) is 0.698. The van der Waals surface area contributed by atoms with Gasteiger partial charge >= 0.3 is 11.9 Å². The van der Waals surface area contributed by atoms with E-state index in [4.69, 9.17) is 0 Å². The zero-order valence-electron chi connectivity index (χ0n) is 15.4. The van der Waals surface area contributed by atoms with Crippen LogP contribution < -0.4 is 5.32 Å². The van der Waals surface area contributed by atoms with Crippen LogP contribution in [0.3, 0.4) is 0 Å². The highest BCUT2D eigenvalue weighted by Crippen LogP contribution is 2.34. The molecule has 28 heavy (non-hydrogen) atoms. The van der Waals surface area contributed by atoms with E-state index >= 15 is 0 Å². The number of aromatic carboxylic acids is 2. The second-order valence-electron chi connectivity index (χ2n) is 7.17. The van der Waals surface area contributed by atoms with E-state index in [-0.39, 0.29) is 22.7 Å². The van der Waals surface area contributed by atoms with Gasteiger partial charge in [0.05, 0.1) is 17.2 Å². The van der Waals surface area contributed by atoms with Crippen LogP contribution in [0.1, 0.15) is 74.8 Å². The minimum atomic E-state index is -1.27. The molecule has 3 rings (SSSR count). The van der Waals surface area contributed by atoms with E-state index in [0.29, 0.717) is 5.92 Å². The van der Waals surface area contributed by atoms with Gasteiger partial charge in [-0.3, -0.25) is 4.79 Å². The Hall–Kier alpha value is -3.15. The lowest BCUT2D eigenvalue weighted by molar-refractivity contribution is 0.0696. The largest absolute Gasteiger partial charge is 0.478 e. The number of carbonyl (C=O) groups is 3. The number of benzene rings is 2. The summed E-state index contributed by atoms with van der Waals surface area (Å²) in [5.41, 5.74) is 0.586. The van der Waals surface area contributed by atoms with Gasteiger partial charge in [-0.25, -0.2) is 9.59 Å². The van der Waals surface area contributed by atoms with Crippen LogP contribution in [-0.4, -0.2) is 28.1 Å². The number of carbonyl (C=O) groups excluding carboxylic acids is 1. The van der Waals surface area contributed by atoms with Crippen molar-refractivity contribution in [1.29, 1.82) is 0 Å². The van der Waals surface area contributed by atoms with Crippen molar-refractivity contribution in [3.8, 4) is 0 Å². The molecule has 1 saturated carbocycles. The molecule has 1 amide bonds. The molecule has 6 heteroatoms. The topological polar surface area (TPSA) is 104 Å². The molecule has 0 spiro atoms. The number of carboxylic acids is 2. The molecule has 2 aromatic rings. The SMILES string of the molecule is O=C(O)c1cc(C(=O)O)cc(C(=O)NC(c2ccccc2)C2CCCCC2)c1. The fourth-order valence-corrected chi connectivity index (χ4v) is 3.83. The normalized spacial score (nSPS) is 15.6. The first-order valence-corrected chi connectivity index (χ1v) is 9.43. The van der Waals surface area contributed by atoms with Crippen LogP contribution >= 0.6 is 0 Å². The van der Waals surface area contributed by atoms with Gasteiger partial charge in [0.1, 0.15) is 0 Å². The van der Waals surface area contributed by atoms with Crippen LogP contribution in [0.2, 0.25) is 0 Å². The zero-order valence-corrected chi connectivity index (χ0v) is 15.4. The number of nitrogens with one attached hydrogen (secondary N) is 1. The van der Waals surface area contributed by atoms with Crippen molar-refractivity contribution in [3.63, 3.8) is 0 Å². The maximum atomic E-state index is 12.9. The second-order valence-corrected chi connectivity index (χ2v) is 7.17. The molecule has 3 N–H and O–H groups in total. The van der Waals surface area contributed by atoms with E-state index in [9.17, 15) is 24.6 Å². The van der Waals surface area contributed by atoms with Gasteiger partial charge in [-0.1, -0.05) is 49.6 Å². The van der Waals surface area contributed by atoms with E-state index in [2.05, 4.69) is 5.32 Å². The van der Waals surface area contributed by atoms with Gasteiger partial charge in [-0.15, -0.1) is 0 Å². The zero-order chi connectivity index (χ0) is 20.1. The molecular formula is C22H23NO5. The Bertz CT molecular complexity index is 840. The maximum absolute atomic E-state index is 12.9. The van der Waals surface area contributed by atoms with Crippen LogP contribution in [0.4, 0.5) is 0 Å². The van der Waals surface area contributed by atoms with Crippen LogP contribution in [0.15, 0.2) is 48.5 Å². The molecule has 6 nitrogen and oxygen atoms in total. The van der Waals surface area contributed by atoms with Crippen LogP contribution in [0, 0.1) is 5.92 Å². The Labute approximate surface area is 163 Å². The Morgan fingerprint density at radius 3 is 1.89 bits per heavy atom. The Morgan fingerprint density at radius 2 is 1.36 bits per heavy atom. The summed E-state index contributed by atoms with van der Waals surface area (Å²) < 4.78 is 0. The van der Waals surface area contributed by atoms with Gasteiger partial charge in [0.2, 0.25) is 0 Å². The minimum Gasteiger partial charge on any atom is -0.478 e. The highest BCUT2D eigenvalue weighted by molar-refractivity contribution is 6.01. The molecular weight excluding hydrogens is 358 g/mol. The van der Waals surface area contributed by atoms with Crippen LogP contribution in [0.25, 0.3) is 0 Å². The first-order chi connectivity index (χ1) is 13.5. The molecule has 0 aromatic heterocycles. The third-order valence-electron chi connectivity index (χ3n) is 5.26.